The minimum absolute atomic E-state index is 0.158. The van der Waals surface area contributed by atoms with E-state index in [2.05, 4.69) is 72.4 Å². The van der Waals surface area contributed by atoms with Gasteiger partial charge in [0.15, 0.2) is 4.34 Å². The van der Waals surface area contributed by atoms with Gasteiger partial charge in [0, 0.05) is 17.8 Å². The van der Waals surface area contributed by atoms with E-state index in [1.165, 1.54) is 35.1 Å². The molecule has 3 atom stereocenters. The van der Waals surface area contributed by atoms with Crippen molar-refractivity contribution >= 4 is 39.8 Å². The Morgan fingerprint density at radius 2 is 1.79 bits per heavy atom. The van der Waals surface area contributed by atoms with Gasteiger partial charge in [-0.25, -0.2) is 0 Å². The van der Waals surface area contributed by atoms with E-state index in [0.717, 1.165) is 28.0 Å². The molecule has 1 aromatic carbocycles. The maximum absolute atomic E-state index is 13.0. The zero-order chi connectivity index (χ0) is 20.3. The third kappa shape index (κ3) is 5.06. The number of nitrogens with one attached hydrogen (secondary N) is 1. The van der Waals surface area contributed by atoms with E-state index in [-0.39, 0.29) is 11.2 Å². The monoisotopic (exact) mass is 418 g/mol. The minimum atomic E-state index is -0.158. The molecule has 152 valence electrons. The van der Waals surface area contributed by atoms with Crippen molar-refractivity contribution in [1.29, 1.82) is 0 Å². The Morgan fingerprint density at radius 1 is 1.14 bits per heavy atom. The van der Waals surface area contributed by atoms with Crippen LogP contribution >= 0.6 is 23.1 Å². The maximum Gasteiger partial charge on any atom is 0.236 e. The second-order valence-electron chi connectivity index (χ2n) is 7.91. The summed E-state index contributed by atoms with van der Waals surface area (Å²) in [5.74, 6) is 0.724. The highest BCUT2D eigenvalue weighted by Crippen LogP contribution is 2.33. The summed E-state index contributed by atoms with van der Waals surface area (Å²) in [5.41, 5.74) is 2.31. The van der Waals surface area contributed by atoms with Crippen molar-refractivity contribution in [3.8, 4) is 0 Å². The zero-order valence-electron chi connectivity index (χ0n) is 17.3. The first-order valence-corrected chi connectivity index (χ1v) is 11.7. The number of likely N-dealkylation sites (tertiary alicyclic amines) is 1. The molecule has 0 radical (unpaired) electrons. The number of rotatable bonds is 6. The van der Waals surface area contributed by atoms with Crippen molar-refractivity contribution in [3.63, 3.8) is 0 Å². The highest BCUT2D eigenvalue weighted by Gasteiger charge is 2.32. The van der Waals surface area contributed by atoms with Gasteiger partial charge >= 0.3 is 0 Å². The molecular weight excluding hydrogens is 388 g/mol. The van der Waals surface area contributed by atoms with Gasteiger partial charge in [0.1, 0.15) is 0 Å². The molecule has 2 aromatic rings. The number of aromatic nitrogens is 2. The summed E-state index contributed by atoms with van der Waals surface area (Å²) in [7, 11) is 0. The first-order valence-electron chi connectivity index (χ1n) is 10.0. The number of piperidine rings is 1. The van der Waals surface area contributed by atoms with Crippen LogP contribution in [-0.4, -0.2) is 38.3 Å². The average Bonchev–Trinajstić information content (AvgIpc) is 3.08. The molecule has 0 bridgehead atoms. The molecule has 0 unspecified atom stereocenters. The van der Waals surface area contributed by atoms with Crippen molar-refractivity contribution in [2.45, 2.75) is 81.5 Å². The molecule has 1 N–H and O–H groups in total. The van der Waals surface area contributed by atoms with Gasteiger partial charge in [-0.3, -0.25) is 4.79 Å². The number of benzene rings is 1. The number of anilines is 2. The first-order chi connectivity index (χ1) is 13.3. The van der Waals surface area contributed by atoms with E-state index in [0.29, 0.717) is 18.0 Å². The lowest BCUT2D eigenvalue weighted by Gasteiger charge is -2.40. The molecule has 0 saturated carbocycles. The van der Waals surface area contributed by atoms with E-state index in [1.807, 2.05) is 6.92 Å². The van der Waals surface area contributed by atoms with Crippen LogP contribution in [0.3, 0.4) is 0 Å². The van der Waals surface area contributed by atoms with E-state index >= 15 is 0 Å². The van der Waals surface area contributed by atoms with Gasteiger partial charge < -0.3 is 10.2 Å². The Balaban J connectivity index is 1.59. The fraction of sp³-hybridized carbons (Fsp3) is 0.571. The molecule has 0 aliphatic carbocycles. The highest BCUT2D eigenvalue weighted by molar-refractivity contribution is 8.02. The Hall–Kier alpha value is -1.60. The van der Waals surface area contributed by atoms with Gasteiger partial charge in [-0.2, -0.15) is 0 Å². The van der Waals surface area contributed by atoms with E-state index in [9.17, 15) is 4.79 Å². The van der Waals surface area contributed by atoms with Crippen LogP contribution in [0.2, 0.25) is 0 Å². The second-order valence-corrected chi connectivity index (χ2v) is 10.5. The summed E-state index contributed by atoms with van der Waals surface area (Å²) in [6, 6.07) is 9.03. The SMILES string of the molecule is CC(C)c1ccc(Nc2nnc(S[C@H](C)C(=O)N3[C@H](C)CCC[C@H]3C)s2)cc1. The number of hydrogen-bond acceptors (Lipinski definition) is 6. The van der Waals surface area contributed by atoms with Crippen molar-refractivity contribution in [2.75, 3.05) is 5.32 Å². The summed E-state index contributed by atoms with van der Waals surface area (Å²) in [6.45, 7) is 10.7. The number of nitrogens with zero attached hydrogens (tertiary/aromatic N) is 3. The van der Waals surface area contributed by atoms with Crippen LogP contribution in [0.1, 0.15) is 65.4 Å². The lowest BCUT2D eigenvalue weighted by Crippen LogP contribution is -2.50. The summed E-state index contributed by atoms with van der Waals surface area (Å²) in [5, 5.41) is 12.4. The van der Waals surface area contributed by atoms with E-state index in [1.54, 1.807) is 0 Å². The fourth-order valence-electron chi connectivity index (χ4n) is 3.65. The standard InChI is InChI=1S/C21H30N4OS2/c1-13(2)17-9-11-18(12-10-17)22-20-23-24-21(28-20)27-16(5)19(26)25-14(3)7-6-8-15(25)4/h9-16H,6-8H2,1-5H3,(H,22,23)/t14-,15-,16-/m1/s1. The number of thioether (sulfide) groups is 1. The maximum atomic E-state index is 13.0. The summed E-state index contributed by atoms with van der Waals surface area (Å²) in [4.78, 5) is 15.0. The quantitative estimate of drug-likeness (QED) is 0.612. The third-order valence-corrected chi connectivity index (χ3v) is 7.32. The van der Waals surface area contributed by atoms with Crippen molar-refractivity contribution < 1.29 is 4.79 Å². The fourth-order valence-corrected chi connectivity index (χ4v) is 5.62. The van der Waals surface area contributed by atoms with Gasteiger partial charge in [0.25, 0.3) is 0 Å². The summed E-state index contributed by atoms with van der Waals surface area (Å²) < 4.78 is 0.819. The Labute approximate surface area is 176 Å². The number of carbonyl (C=O) groups excluding carboxylic acids is 1. The van der Waals surface area contributed by atoms with Crippen molar-refractivity contribution in [2.24, 2.45) is 0 Å². The van der Waals surface area contributed by atoms with Gasteiger partial charge in [-0.05, 0) is 63.6 Å². The lowest BCUT2D eigenvalue weighted by atomic mass is 9.97. The molecule has 0 spiro atoms. The van der Waals surface area contributed by atoms with Crippen LogP contribution < -0.4 is 5.32 Å². The Bertz CT molecular complexity index is 780. The van der Waals surface area contributed by atoms with Crippen molar-refractivity contribution in [1.82, 2.24) is 15.1 Å². The molecule has 7 heteroatoms. The molecule has 1 aliphatic rings. The molecule has 3 rings (SSSR count). The van der Waals surface area contributed by atoms with Gasteiger partial charge in [-0.1, -0.05) is 49.1 Å². The lowest BCUT2D eigenvalue weighted by molar-refractivity contribution is -0.136. The van der Waals surface area contributed by atoms with E-state index < -0.39 is 0 Å². The normalized spacial score (nSPS) is 21.0. The van der Waals surface area contributed by atoms with Crippen LogP contribution in [0.25, 0.3) is 0 Å². The summed E-state index contributed by atoms with van der Waals surface area (Å²) >= 11 is 2.99. The molecule has 1 amide bonds. The predicted octanol–water partition coefficient (Wildman–Crippen LogP) is 5.68. The van der Waals surface area contributed by atoms with Crippen LogP contribution in [0.15, 0.2) is 28.6 Å². The zero-order valence-corrected chi connectivity index (χ0v) is 18.9. The molecule has 2 heterocycles. The minimum Gasteiger partial charge on any atom is -0.336 e. The largest absolute Gasteiger partial charge is 0.336 e. The Kier molecular flexibility index (Phi) is 6.99. The topological polar surface area (TPSA) is 58.1 Å². The molecule has 1 fully saturated rings. The first kappa shape index (κ1) is 21.1. The third-order valence-electron chi connectivity index (χ3n) is 5.31. The molecular formula is C21H30N4OS2. The highest BCUT2D eigenvalue weighted by atomic mass is 32.2. The number of hydrogen-bond donors (Lipinski definition) is 1. The number of carbonyl (C=O) groups is 1. The van der Waals surface area contributed by atoms with Gasteiger partial charge in [0.2, 0.25) is 11.0 Å². The molecule has 1 saturated heterocycles. The van der Waals surface area contributed by atoms with Crippen LogP contribution in [-0.2, 0) is 4.79 Å². The second kappa shape index (κ2) is 9.27. The van der Waals surface area contributed by atoms with Gasteiger partial charge in [0.05, 0.1) is 5.25 Å². The van der Waals surface area contributed by atoms with Crippen molar-refractivity contribution in [3.05, 3.63) is 29.8 Å². The molecule has 5 nitrogen and oxygen atoms in total. The molecule has 28 heavy (non-hydrogen) atoms. The van der Waals surface area contributed by atoms with Crippen LogP contribution in [0.5, 0.6) is 0 Å². The molecule has 1 aliphatic heterocycles. The summed E-state index contributed by atoms with van der Waals surface area (Å²) in [6.07, 6.45) is 3.39. The number of amides is 1. The Morgan fingerprint density at radius 3 is 2.39 bits per heavy atom. The van der Waals surface area contributed by atoms with E-state index in [4.69, 9.17) is 0 Å². The van der Waals surface area contributed by atoms with Gasteiger partial charge in [-0.15, -0.1) is 10.2 Å². The smallest absolute Gasteiger partial charge is 0.236 e. The predicted molar refractivity (Wildman–Crippen MR) is 119 cm³/mol. The molecule has 1 aromatic heterocycles. The van der Waals surface area contributed by atoms with Crippen LogP contribution in [0.4, 0.5) is 10.8 Å². The van der Waals surface area contributed by atoms with Crippen LogP contribution in [0, 0.1) is 0 Å². The average molecular weight is 419 g/mol.